The number of rotatable bonds is 4. The van der Waals surface area contributed by atoms with Crippen molar-refractivity contribution in [1.82, 2.24) is 4.90 Å². The summed E-state index contributed by atoms with van der Waals surface area (Å²) in [6, 6.07) is 9.02. The van der Waals surface area contributed by atoms with Crippen LogP contribution in [0.4, 0.5) is 5.69 Å². The molecule has 1 aliphatic rings. The molecule has 16 heavy (non-hydrogen) atoms. The van der Waals surface area contributed by atoms with Crippen LogP contribution in [0.2, 0.25) is 0 Å². The van der Waals surface area contributed by atoms with Gasteiger partial charge in [0.05, 0.1) is 6.54 Å². The molecule has 2 nitrogen and oxygen atoms in total. The lowest BCUT2D eigenvalue weighted by Gasteiger charge is -2.22. The molecule has 0 bridgehead atoms. The minimum atomic E-state index is 0.505. The number of fused-ring (bicyclic) bond motifs is 1. The van der Waals surface area contributed by atoms with E-state index in [2.05, 4.69) is 47.3 Å². The highest BCUT2D eigenvalue weighted by Crippen LogP contribution is 2.25. The van der Waals surface area contributed by atoms with Crippen LogP contribution in [-0.4, -0.2) is 30.6 Å². The van der Waals surface area contributed by atoms with Gasteiger partial charge < -0.3 is 5.32 Å². The monoisotopic (exact) mass is 214 g/mol. The van der Waals surface area contributed by atoms with Crippen molar-refractivity contribution in [2.24, 2.45) is 0 Å². The van der Waals surface area contributed by atoms with E-state index in [1.807, 2.05) is 0 Å². The van der Waals surface area contributed by atoms with Crippen LogP contribution < -0.4 is 5.32 Å². The summed E-state index contributed by atoms with van der Waals surface area (Å²) in [5, 5.41) is 3.55. The van der Waals surface area contributed by atoms with E-state index < -0.39 is 0 Å². The van der Waals surface area contributed by atoms with Gasteiger partial charge in [-0.25, -0.2) is 0 Å². The Labute approximate surface area is 97.7 Å². The predicted octanol–water partition coefficient (Wildman–Crippen LogP) is 1.98. The fourth-order valence-corrected chi connectivity index (χ4v) is 2.23. The lowest BCUT2D eigenvalue weighted by molar-refractivity contribution is 0.310. The van der Waals surface area contributed by atoms with E-state index in [1.54, 1.807) is 0 Å². The molecular formula is C14H18N2. The van der Waals surface area contributed by atoms with Crippen LogP contribution in [0, 0.1) is 12.3 Å². The highest BCUT2D eigenvalue weighted by molar-refractivity contribution is 5.56. The number of hydrogen-bond donors (Lipinski definition) is 1. The molecule has 0 fully saturated rings. The Morgan fingerprint density at radius 2 is 2.31 bits per heavy atom. The van der Waals surface area contributed by atoms with Crippen molar-refractivity contribution in [1.29, 1.82) is 0 Å². The molecule has 1 unspecified atom stereocenters. The number of anilines is 1. The van der Waals surface area contributed by atoms with Gasteiger partial charge in [0.1, 0.15) is 0 Å². The summed E-state index contributed by atoms with van der Waals surface area (Å²) in [7, 11) is 0. The molecule has 0 saturated heterocycles. The molecule has 0 saturated carbocycles. The fraction of sp³-hybridized carbons (Fsp3) is 0.429. The van der Waals surface area contributed by atoms with E-state index in [-0.39, 0.29) is 0 Å². The van der Waals surface area contributed by atoms with Gasteiger partial charge >= 0.3 is 0 Å². The van der Waals surface area contributed by atoms with Crippen molar-refractivity contribution < 1.29 is 0 Å². The Kier molecular flexibility index (Phi) is 3.48. The standard InChI is InChI=1S/C14H18N2/c1-3-9-16(4-2)11-13-10-12-7-5-6-8-14(12)15-13/h1,5-8,13,15H,4,9-11H2,2H3. The maximum absolute atomic E-state index is 5.35. The zero-order valence-electron chi connectivity index (χ0n) is 9.74. The average Bonchev–Trinajstić information content (AvgIpc) is 2.70. The van der Waals surface area contributed by atoms with E-state index in [1.165, 1.54) is 11.3 Å². The maximum Gasteiger partial charge on any atom is 0.0599 e. The first-order valence-corrected chi connectivity index (χ1v) is 5.83. The average molecular weight is 214 g/mol. The van der Waals surface area contributed by atoms with E-state index in [9.17, 15) is 0 Å². The van der Waals surface area contributed by atoms with Crippen molar-refractivity contribution in [2.45, 2.75) is 19.4 Å². The third-order valence-corrected chi connectivity index (χ3v) is 3.08. The zero-order chi connectivity index (χ0) is 11.4. The number of benzene rings is 1. The molecular weight excluding hydrogens is 196 g/mol. The predicted molar refractivity (Wildman–Crippen MR) is 68.5 cm³/mol. The van der Waals surface area contributed by atoms with E-state index in [0.29, 0.717) is 6.04 Å². The van der Waals surface area contributed by atoms with Crippen LogP contribution in [0.15, 0.2) is 24.3 Å². The Morgan fingerprint density at radius 3 is 3.00 bits per heavy atom. The van der Waals surface area contributed by atoms with Crippen molar-refractivity contribution >= 4 is 5.69 Å². The minimum absolute atomic E-state index is 0.505. The van der Waals surface area contributed by atoms with Gasteiger partial charge in [-0.15, -0.1) is 6.42 Å². The smallest absolute Gasteiger partial charge is 0.0599 e. The summed E-state index contributed by atoms with van der Waals surface area (Å²) >= 11 is 0. The third kappa shape index (κ3) is 2.37. The molecule has 1 aromatic carbocycles. The fourth-order valence-electron chi connectivity index (χ4n) is 2.23. The minimum Gasteiger partial charge on any atom is -0.380 e. The molecule has 2 rings (SSSR count). The Balaban J connectivity index is 1.94. The van der Waals surface area contributed by atoms with E-state index >= 15 is 0 Å². The highest BCUT2D eigenvalue weighted by atomic mass is 15.1. The number of para-hydroxylation sites is 1. The first kappa shape index (κ1) is 11.0. The van der Waals surface area contributed by atoms with Gasteiger partial charge in [-0.1, -0.05) is 31.0 Å². The zero-order valence-corrected chi connectivity index (χ0v) is 9.74. The number of hydrogen-bond acceptors (Lipinski definition) is 2. The largest absolute Gasteiger partial charge is 0.380 e. The summed E-state index contributed by atoms with van der Waals surface area (Å²) in [5.74, 6) is 2.71. The van der Waals surface area contributed by atoms with Gasteiger partial charge in [0.2, 0.25) is 0 Å². The van der Waals surface area contributed by atoms with Crippen molar-refractivity contribution in [2.75, 3.05) is 25.0 Å². The van der Waals surface area contributed by atoms with Gasteiger partial charge in [-0.2, -0.15) is 0 Å². The van der Waals surface area contributed by atoms with Crippen LogP contribution in [0.1, 0.15) is 12.5 Å². The quantitative estimate of drug-likeness (QED) is 0.771. The second-order valence-electron chi connectivity index (χ2n) is 4.23. The van der Waals surface area contributed by atoms with Gasteiger partial charge in [0.25, 0.3) is 0 Å². The second kappa shape index (κ2) is 5.05. The summed E-state index contributed by atoms with van der Waals surface area (Å²) < 4.78 is 0. The van der Waals surface area contributed by atoms with Crippen LogP contribution in [0.5, 0.6) is 0 Å². The Bertz CT molecular complexity index is 367. The van der Waals surface area contributed by atoms with E-state index in [4.69, 9.17) is 6.42 Å². The Hall–Kier alpha value is -1.46. The SMILES string of the molecule is C#CCN(CC)CC1Cc2ccccc2N1. The molecule has 2 heteroatoms. The lowest BCUT2D eigenvalue weighted by atomic mass is 10.1. The molecule has 1 atom stereocenters. The van der Waals surface area contributed by atoms with Crippen LogP contribution in [-0.2, 0) is 6.42 Å². The molecule has 1 heterocycles. The lowest BCUT2D eigenvalue weighted by Crippen LogP contribution is -2.35. The summed E-state index contributed by atoms with van der Waals surface area (Å²) in [4.78, 5) is 2.30. The molecule has 1 aromatic rings. The van der Waals surface area contributed by atoms with Gasteiger partial charge in [-0.05, 0) is 24.6 Å². The van der Waals surface area contributed by atoms with E-state index in [0.717, 1.165) is 26.1 Å². The molecule has 1 N–H and O–H groups in total. The number of likely N-dealkylation sites (N-methyl/N-ethyl adjacent to an activating group) is 1. The first-order chi connectivity index (χ1) is 7.83. The molecule has 0 radical (unpaired) electrons. The van der Waals surface area contributed by atoms with Gasteiger partial charge in [0, 0.05) is 18.3 Å². The molecule has 0 aliphatic carbocycles. The van der Waals surface area contributed by atoms with Crippen LogP contribution >= 0.6 is 0 Å². The highest BCUT2D eigenvalue weighted by Gasteiger charge is 2.21. The molecule has 0 amide bonds. The van der Waals surface area contributed by atoms with Crippen molar-refractivity contribution in [3.8, 4) is 12.3 Å². The normalized spacial score (nSPS) is 17.9. The molecule has 1 aliphatic heterocycles. The summed E-state index contributed by atoms with van der Waals surface area (Å²) in [6.45, 7) is 4.93. The first-order valence-electron chi connectivity index (χ1n) is 5.83. The molecule has 0 spiro atoms. The summed E-state index contributed by atoms with van der Waals surface area (Å²) in [6.07, 6.45) is 6.46. The number of nitrogens with zero attached hydrogens (tertiary/aromatic N) is 1. The van der Waals surface area contributed by atoms with Crippen LogP contribution in [0.3, 0.4) is 0 Å². The number of nitrogens with one attached hydrogen (secondary N) is 1. The van der Waals surface area contributed by atoms with Crippen LogP contribution in [0.25, 0.3) is 0 Å². The van der Waals surface area contributed by atoms with Gasteiger partial charge in [-0.3, -0.25) is 4.90 Å². The van der Waals surface area contributed by atoms with Gasteiger partial charge in [0.15, 0.2) is 0 Å². The van der Waals surface area contributed by atoms with Crippen molar-refractivity contribution in [3.05, 3.63) is 29.8 Å². The third-order valence-electron chi connectivity index (χ3n) is 3.08. The van der Waals surface area contributed by atoms with Crippen molar-refractivity contribution in [3.63, 3.8) is 0 Å². The molecule has 84 valence electrons. The Morgan fingerprint density at radius 1 is 1.50 bits per heavy atom. The second-order valence-corrected chi connectivity index (χ2v) is 4.23. The molecule has 0 aromatic heterocycles. The summed E-state index contributed by atoms with van der Waals surface area (Å²) in [5.41, 5.74) is 2.70. The maximum atomic E-state index is 5.35. The topological polar surface area (TPSA) is 15.3 Å². The number of terminal acetylenes is 1.